The Morgan fingerprint density at radius 1 is 1.30 bits per heavy atom. The lowest BCUT2D eigenvalue weighted by Crippen LogP contribution is -2.48. The Bertz CT molecular complexity index is 575. The van der Waals surface area contributed by atoms with Gasteiger partial charge in [0.2, 0.25) is 0 Å². The summed E-state index contributed by atoms with van der Waals surface area (Å²) >= 11 is 0. The number of rotatable bonds is 3. The fourth-order valence-electron chi connectivity index (χ4n) is 2.96. The SMILES string of the molecule is CCN1CCOC(CN)C1c1ccc2ccccc2n1. The molecule has 0 spiro atoms. The second-order valence-electron chi connectivity index (χ2n) is 5.15. The van der Waals surface area contributed by atoms with E-state index in [9.17, 15) is 0 Å². The smallest absolute Gasteiger partial charge is 0.0909 e. The standard InChI is InChI=1S/C16H21N3O/c1-2-19-9-10-20-15(11-17)16(19)14-8-7-12-5-3-4-6-13(12)18-14/h3-8,15-16H,2,9-11,17H2,1H3. The van der Waals surface area contributed by atoms with E-state index in [0.717, 1.165) is 30.9 Å². The van der Waals surface area contributed by atoms with Crippen LogP contribution in [0, 0.1) is 0 Å². The second kappa shape index (κ2) is 5.87. The van der Waals surface area contributed by atoms with Crippen molar-refractivity contribution in [1.82, 2.24) is 9.88 Å². The van der Waals surface area contributed by atoms with Gasteiger partial charge in [-0.25, -0.2) is 0 Å². The van der Waals surface area contributed by atoms with E-state index in [2.05, 4.69) is 36.1 Å². The van der Waals surface area contributed by atoms with Crippen LogP contribution in [0.15, 0.2) is 36.4 Å². The topological polar surface area (TPSA) is 51.4 Å². The van der Waals surface area contributed by atoms with Crippen LogP contribution in [0.2, 0.25) is 0 Å². The molecule has 2 unspecified atom stereocenters. The molecule has 1 saturated heterocycles. The molecule has 1 aliphatic heterocycles. The summed E-state index contributed by atoms with van der Waals surface area (Å²) in [7, 11) is 0. The number of pyridine rings is 1. The maximum atomic E-state index is 5.88. The lowest BCUT2D eigenvalue weighted by atomic mass is 10.0. The minimum Gasteiger partial charge on any atom is -0.374 e. The van der Waals surface area contributed by atoms with Crippen molar-refractivity contribution in [3.8, 4) is 0 Å². The Labute approximate surface area is 119 Å². The van der Waals surface area contributed by atoms with E-state index in [1.807, 2.05) is 12.1 Å². The first kappa shape index (κ1) is 13.5. The first-order valence-electron chi connectivity index (χ1n) is 7.25. The van der Waals surface area contributed by atoms with E-state index < -0.39 is 0 Å². The molecule has 0 radical (unpaired) electrons. The molecule has 4 heteroatoms. The Morgan fingerprint density at radius 2 is 2.15 bits per heavy atom. The molecule has 1 fully saturated rings. The van der Waals surface area contributed by atoms with Crippen LogP contribution in [0.4, 0.5) is 0 Å². The molecule has 1 aliphatic rings. The number of morpholine rings is 1. The highest BCUT2D eigenvalue weighted by molar-refractivity contribution is 5.78. The number of aromatic nitrogens is 1. The number of nitrogens with two attached hydrogens (primary N) is 1. The molecule has 4 nitrogen and oxygen atoms in total. The maximum Gasteiger partial charge on any atom is 0.0909 e. The van der Waals surface area contributed by atoms with Gasteiger partial charge in [-0.15, -0.1) is 0 Å². The van der Waals surface area contributed by atoms with Gasteiger partial charge in [0.05, 0.1) is 30.0 Å². The molecule has 1 aromatic carbocycles. The van der Waals surface area contributed by atoms with Gasteiger partial charge in [0, 0.05) is 18.5 Å². The van der Waals surface area contributed by atoms with E-state index >= 15 is 0 Å². The lowest BCUT2D eigenvalue weighted by molar-refractivity contribution is -0.0670. The van der Waals surface area contributed by atoms with Crippen molar-refractivity contribution in [2.24, 2.45) is 5.73 Å². The summed E-state index contributed by atoms with van der Waals surface area (Å²) < 4.78 is 5.83. The van der Waals surface area contributed by atoms with Crippen molar-refractivity contribution in [3.63, 3.8) is 0 Å². The zero-order valence-corrected chi connectivity index (χ0v) is 11.8. The zero-order chi connectivity index (χ0) is 13.9. The van der Waals surface area contributed by atoms with Crippen molar-refractivity contribution in [2.45, 2.75) is 19.1 Å². The molecule has 3 rings (SSSR count). The quantitative estimate of drug-likeness (QED) is 0.927. The summed E-state index contributed by atoms with van der Waals surface area (Å²) in [6.45, 7) is 5.37. The van der Waals surface area contributed by atoms with Gasteiger partial charge >= 0.3 is 0 Å². The normalized spacial score (nSPS) is 24.1. The van der Waals surface area contributed by atoms with Crippen LogP contribution in [0.5, 0.6) is 0 Å². The molecule has 0 bridgehead atoms. The number of hydrogen-bond donors (Lipinski definition) is 1. The maximum absolute atomic E-state index is 5.88. The Balaban J connectivity index is 2.01. The number of ether oxygens (including phenoxy) is 1. The highest BCUT2D eigenvalue weighted by atomic mass is 16.5. The van der Waals surface area contributed by atoms with Gasteiger partial charge < -0.3 is 10.5 Å². The van der Waals surface area contributed by atoms with Crippen LogP contribution in [0.3, 0.4) is 0 Å². The molecule has 2 atom stereocenters. The Kier molecular flexibility index (Phi) is 3.96. The summed E-state index contributed by atoms with van der Waals surface area (Å²) in [5.41, 5.74) is 7.97. The van der Waals surface area contributed by atoms with Crippen molar-refractivity contribution in [1.29, 1.82) is 0 Å². The number of hydrogen-bond acceptors (Lipinski definition) is 4. The number of fused-ring (bicyclic) bond motifs is 1. The molecule has 2 N–H and O–H groups in total. The van der Waals surface area contributed by atoms with Crippen LogP contribution >= 0.6 is 0 Å². The van der Waals surface area contributed by atoms with Crippen LogP contribution < -0.4 is 5.73 Å². The van der Waals surface area contributed by atoms with E-state index in [1.165, 1.54) is 5.39 Å². The molecule has 0 amide bonds. The average Bonchev–Trinajstić information content (AvgIpc) is 2.53. The molecule has 2 heterocycles. The van der Waals surface area contributed by atoms with Gasteiger partial charge in [0.1, 0.15) is 0 Å². The highest BCUT2D eigenvalue weighted by Crippen LogP contribution is 2.28. The minimum absolute atomic E-state index is 0.0253. The fourth-order valence-corrected chi connectivity index (χ4v) is 2.96. The number of para-hydroxylation sites is 1. The molecule has 106 valence electrons. The number of nitrogens with zero attached hydrogens (tertiary/aromatic N) is 2. The van der Waals surface area contributed by atoms with Gasteiger partial charge in [0.15, 0.2) is 0 Å². The monoisotopic (exact) mass is 271 g/mol. The van der Waals surface area contributed by atoms with Crippen LogP contribution in [0.1, 0.15) is 18.7 Å². The predicted octanol–water partition coefficient (Wildman–Crippen LogP) is 1.96. The third-order valence-electron chi connectivity index (χ3n) is 4.02. The van der Waals surface area contributed by atoms with Crippen molar-refractivity contribution in [3.05, 3.63) is 42.1 Å². The van der Waals surface area contributed by atoms with Crippen molar-refractivity contribution in [2.75, 3.05) is 26.2 Å². The van der Waals surface area contributed by atoms with E-state index in [1.54, 1.807) is 0 Å². The molecular weight excluding hydrogens is 250 g/mol. The van der Waals surface area contributed by atoms with E-state index in [0.29, 0.717) is 6.54 Å². The van der Waals surface area contributed by atoms with Gasteiger partial charge in [-0.3, -0.25) is 9.88 Å². The van der Waals surface area contributed by atoms with Crippen molar-refractivity contribution < 1.29 is 4.74 Å². The third-order valence-corrected chi connectivity index (χ3v) is 4.02. The lowest BCUT2D eigenvalue weighted by Gasteiger charge is -2.40. The molecule has 20 heavy (non-hydrogen) atoms. The molecular formula is C16H21N3O. The van der Waals surface area contributed by atoms with Gasteiger partial charge in [0.25, 0.3) is 0 Å². The fraction of sp³-hybridized carbons (Fsp3) is 0.438. The average molecular weight is 271 g/mol. The summed E-state index contributed by atoms with van der Waals surface area (Å²) in [6.07, 6.45) is 0.0253. The first-order chi connectivity index (χ1) is 9.83. The van der Waals surface area contributed by atoms with E-state index in [4.69, 9.17) is 15.5 Å². The van der Waals surface area contributed by atoms with Gasteiger partial charge in [-0.1, -0.05) is 31.2 Å². The Morgan fingerprint density at radius 3 is 2.95 bits per heavy atom. The summed E-state index contributed by atoms with van der Waals surface area (Å²) in [4.78, 5) is 7.22. The van der Waals surface area contributed by atoms with Crippen LogP contribution in [-0.4, -0.2) is 42.2 Å². The largest absolute Gasteiger partial charge is 0.374 e. The third kappa shape index (κ3) is 2.42. The van der Waals surface area contributed by atoms with Crippen LogP contribution in [0.25, 0.3) is 10.9 Å². The Hall–Kier alpha value is -1.49. The number of likely N-dealkylation sites (N-methyl/N-ethyl adjacent to an activating group) is 1. The van der Waals surface area contributed by atoms with Crippen LogP contribution in [-0.2, 0) is 4.74 Å². The molecule has 1 aromatic heterocycles. The van der Waals surface area contributed by atoms with Gasteiger partial charge in [-0.2, -0.15) is 0 Å². The minimum atomic E-state index is 0.0253. The summed E-state index contributed by atoms with van der Waals surface area (Å²) in [5.74, 6) is 0. The highest BCUT2D eigenvalue weighted by Gasteiger charge is 2.32. The predicted molar refractivity (Wildman–Crippen MR) is 80.5 cm³/mol. The van der Waals surface area contributed by atoms with Gasteiger partial charge in [-0.05, 0) is 18.7 Å². The summed E-state index contributed by atoms with van der Waals surface area (Å²) in [5, 5.41) is 1.17. The molecule has 0 aliphatic carbocycles. The molecule has 2 aromatic rings. The second-order valence-corrected chi connectivity index (χ2v) is 5.15. The van der Waals surface area contributed by atoms with E-state index in [-0.39, 0.29) is 12.1 Å². The number of benzene rings is 1. The molecule has 0 saturated carbocycles. The first-order valence-corrected chi connectivity index (χ1v) is 7.25. The summed E-state index contributed by atoms with van der Waals surface area (Å²) in [6, 6.07) is 12.6. The zero-order valence-electron chi connectivity index (χ0n) is 11.8. The van der Waals surface area contributed by atoms with Crippen molar-refractivity contribution >= 4 is 10.9 Å².